The number of hydrogen-bond donors (Lipinski definition) is 1. The van der Waals surface area contributed by atoms with E-state index in [1.54, 1.807) is 18.7 Å². The lowest BCUT2D eigenvalue weighted by Gasteiger charge is -2.26. The number of morpholine rings is 1. The van der Waals surface area contributed by atoms with Crippen molar-refractivity contribution in [2.24, 2.45) is 0 Å². The van der Waals surface area contributed by atoms with Crippen LogP contribution < -0.4 is 4.72 Å². The average molecular weight is 264 g/mol. The van der Waals surface area contributed by atoms with Crippen LogP contribution in [0.5, 0.6) is 0 Å². The summed E-state index contributed by atoms with van der Waals surface area (Å²) in [6, 6.07) is 0. The van der Waals surface area contributed by atoms with Crippen molar-refractivity contribution in [3.63, 3.8) is 0 Å². The molecule has 1 aliphatic heterocycles. The summed E-state index contributed by atoms with van der Waals surface area (Å²) in [7, 11) is -3.27. The molecular weight excluding hydrogens is 244 g/mol. The van der Waals surface area contributed by atoms with E-state index in [1.807, 2.05) is 0 Å². The van der Waals surface area contributed by atoms with Gasteiger partial charge < -0.3 is 9.64 Å². The third kappa shape index (κ3) is 4.61. The minimum absolute atomic E-state index is 0.0280. The van der Waals surface area contributed by atoms with Crippen LogP contribution in [0.2, 0.25) is 0 Å². The highest BCUT2D eigenvalue weighted by molar-refractivity contribution is 7.90. The summed E-state index contributed by atoms with van der Waals surface area (Å²) in [6.07, 6.45) is 0.200. The Morgan fingerprint density at radius 1 is 1.35 bits per heavy atom. The molecule has 1 aliphatic rings. The molecule has 1 saturated heterocycles. The largest absolute Gasteiger partial charge is 0.378 e. The molecule has 0 unspecified atom stereocenters. The Morgan fingerprint density at radius 3 is 2.47 bits per heavy atom. The Balaban J connectivity index is 2.29. The van der Waals surface area contributed by atoms with Crippen LogP contribution in [-0.4, -0.2) is 57.3 Å². The van der Waals surface area contributed by atoms with Gasteiger partial charge in [0, 0.05) is 26.1 Å². The van der Waals surface area contributed by atoms with Gasteiger partial charge in [0.05, 0.1) is 18.5 Å². The lowest BCUT2D eigenvalue weighted by molar-refractivity contribution is -0.135. The van der Waals surface area contributed by atoms with E-state index >= 15 is 0 Å². The molecule has 100 valence electrons. The van der Waals surface area contributed by atoms with Crippen LogP contribution in [0, 0.1) is 0 Å². The molecule has 0 aromatic heterocycles. The van der Waals surface area contributed by atoms with Gasteiger partial charge >= 0.3 is 0 Å². The molecule has 6 nitrogen and oxygen atoms in total. The number of sulfonamides is 1. The normalized spacial score (nSPS) is 17.5. The molecule has 0 atom stereocenters. The van der Waals surface area contributed by atoms with E-state index in [1.165, 1.54) is 0 Å². The molecule has 1 heterocycles. The zero-order chi connectivity index (χ0) is 12.9. The monoisotopic (exact) mass is 264 g/mol. The molecular formula is C10H20N2O4S. The predicted octanol–water partition coefficient (Wildman–Crippen LogP) is -0.437. The van der Waals surface area contributed by atoms with Gasteiger partial charge in [-0.2, -0.15) is 0 Å². The van der Waals surface area contributed by atoms with E-state index in [-0.39, 0.29) is 18.9 Å². The molecule has 0 saturated carbocycles. The van der Waals surface area contributed by atoms with Gasteiger partial charge in [0.25, 0.3) is 0 Å². The van der Waals surface area contributed by atoms with E-state index in [0.29, 0.717) is 26.3 Å². The zero-order valence-electron chi connectivity index (χ0n) is 10.3. The number of rotatable bonds is 5. The fourth-order valence-electron chi connectivity index (χ4n) is 1.44. The molecule has 0 spiro atoms. The van der Waals surface area contributed by atoms with Gasteiger partial charge in [-0.25, -0.2) is 13.1 Å². The molecule has 0 aromatic rings. The maximum atomic E-state index is 11.7. The maximum absolute atomic E-state index is 11.7. The van der Waals surface area contributed by atoms with Crippen LogP contribution in [0.1, 0.15) is 20.3 Å². The SMILES string of the molecule is CC(C)S(=O)(=O)NCCC(=O)N1CCOCC1. The van der Waals surface area contributed by atoms with E-state index < -0.39 is 15.3 Å². The Morgan fingerprint density at radius 2 is 1.94 bits per heavy atom. The highest BCUT2D eigenvalue weighted by atomic mass is 32.2. The second-order valence-electron chi connectivity index (χ2n) is 4.23. The highest BCUT2D eigenvalue weighted by Crippen LogP contribution is 2.01. The minimum atomic E-state index is -3.27. The Hall–Kier alpha value is -0.660. The van der Waals surface area contributed by atoms with Crippen LogP contribution in [0.3, 0.4) is 0 Å². The number of nitrogens with one attached hydrogen (secondary N) is 1. The van der Waals surface area contributed by atoms with E-state index in [9.17, 15) is 13.2 Å². The van der Waals surface area contributed by atoms with Gasteiger partial charge in [0.1, 0.15) is 0 Å². The van der Waals surface area contributed by atoms with Crippen molar-refractivity contribution in [1.82, 2.24) is 9.62 Å². The van der Waals surface area contributed by atoms with Crippen molar-refractivity contribution in [2.75, 3.05) is 32.8 Å². The number of carbonyl (C=O) groups is 1. The Labute approximate surface area is 102 Å². The molecule has 1 rings (SSSR count). The quantitative estimate of drug-likeness (QED) is 0.730. The van der Waals surface area contributed by atoms with Gasteiger partial charge in [-0.15, -0.1) is 0 Å². The number of amides is 1. The number of ether oxygens (including phenoxy) is 1. The fourth-order valence-corrected chi connectivity index (χ4v) is 2.16. The molecule has 0 bridgehead atoms. The van der Waals surface area contributed by atoms with Gasteiger partial charge in [-0.05, 0) is 13.8 Å². The smallest absolute Gasteiger partial charge is 0.224 e. The summed E-state index contributed by atoms with van der Waals surface area (Å²) in [5, 5.41) is -0.471. The predicted molar refractivity (Wildman–Crippen MR) is 64.1 cm³/mol. The summed E-state index contributed by atoms with van der Waals surface area (Å²) in [6.45, 7) is 5.67. The summed E-state index contributed by atoms with van der Waals surface area (Å²) in [5.74, 6) is -0.0280. The van der Waals surface area contributed by atoms with Crippen LogP contribution >= 0.6 is 0 Å². The molecule has 7 heteroatoms. The molecule has 17 heavy (non-hydrogen) atoms. The van der Waals surface area contributed by atoms with Crippen molar-refractivity contribution in [1.29, 1.82) is 0 Å². The summed E-state index contributed by atoms with van der Waals surface area (Å²) in [4.78, 5) is 13.4. The van der Waals surface area contributed by atoms with Crippen LogP contribution in [-0.2, 0) is 19.6 Å². The van der Waals surface area contributed by atoms with Crippen LogP contribution in [0.4, 0.5) is 0 Å². The third-order valence-corrected chi connectivity index (χ3v) is 4.47. The van der Waals surface area contributed by atoms with Gasteiger partial charge in [0.2, 0.25) is 15.9 Å². The lowest BCUT2D eigenvalue weighted by Crippen LogP contribution is -2.42. The van der Waals surface area contributed by atoms with Crippen molar-refractivity contribution >= 4 is 15.9 Å². The summed E-state index contributed by atoms with van der Waals surface area (Å²) >= 11 is 0. The van der Waals surface area contributed by atoms with E-state index in [0.717, 1.165) is 0 Å². The third-order valence-electron chi connectivity index (χ3n) is 2.63. The van der Waals surface area contributed by atoms with Gasteiger partial charge in [-0.3, -0.25) is 4.79 Å². The summed E-state index contributed by atoms with van der Waals surface area (Å²) < 4.78 is 30.4. The second-order valence-corrected chi connectivity index (χ2v) is 6.55. The topological polar surface area (TPSA) is 75.7 Å². The van der Waals surface area contributed by atoms with E-state index in [2.05, 4.69) is 4.72 Å². The first-order valence-corrected chi connectivity index (χ1v) is 7.32. The number of hydrogen-bond acceptors (Lipinski definition) is 4. The molecule has 1 amide bonds. The Kier molecular flexibility index (Phi) is 5.35. The summed E-state index contributed by atoms with van der Waals surface area (Å²) in [5.41, 5.74) is 0. The zero-order valence-corrected chi connectivity index (χ0v) is 11.1. The van der Waals surface area contributed by atoms with Crippen molar-refractivity contribution in [3.8, 4) is 0 Å². The van der Waals surface area contributed by atoms with Crippen LogP contribution in [0.25, 0.3) is 0 Å². The fraction of sp³-hybridized carbons (Fsp3) is 0.900. The molecule has 0 aliphatic carbocycles. The lowest BCUT2D eigenvalue weighted by atomic mass is 10.3. The number of carbonyl (C=O) groups excluding carboxylic acids is 1. The van der Waals surface area contributed by atoms with Crippen molar-refractivity contribution < 1.29 is 17.9 Å². The highest BCUT2D eigenvalue weighted by Gasteiger charge is 2.19. The minimum Gasteiger partial charge on any atom is -0.378 e. The van der Waals surface area contributed by atoms with Crippen molar-refractivity contribution in [3.05, 3.63) is 0 Å². The first kappa shape index (κ1) is 14.4. The average Bonchev–Trinajstić information content (AvgIpc) is 2.29. The standard InChI is InChI=1S/C10H20N2O4S/c1-9(2)17(14,15)11-4-3-10(13)12-5-7-16-8-6-12/h9,11H,3-8H2,1-2H3. The van der Waals surface area contributed by atoms with E-state index in [4.69, 9.17) is 4.74 Å². The molecule has 0 aromatic carbocycles. The van der Waals surface area contributed by atoms with Gasteiger partial charge in [-0.1, -0.05) is 0 Å². The first-order chi connectivity index (χ1) is 7.93. The molecule has 0 radical (unpaired) electrons. The van der Waals surface area contributed by atoms with Crippen molar-refractivity contribution in [2.45, 2.75) is 25.5 Å². The first-order valence-electron chi connectivity index (χ1n) is 5.77. The molecule has 1 fully saturated rings. The maximum Gasteiger partial charge on any atom is 0.224 e. The van der Waals surface area contributed by atoms with Gasteiger partial charge in [0.15, 0.2) is 0 Å². The Bertz CT molecular complexity index is 347. The number of nitrogens with zero attached hydrogens (tertiary/aromatic N) is 1. The molecule has 1 N–H and O–H groups in total. The second kappa shape index (κ2) is 6.32. The van der Waals surface area contributed by atoms with Crippen LogP contribution in [0.15, 0.2) is 0 Å².